The molecule has 6 heteroatoms. The summed E-state index contributed by atoms with van der Waals surface area (Å²) in [6.07, 6.45) is 0.398. The third-order valence-corrected chi connectivity index (χ3v) is 3.55. The number of nitrogens with two attached hydrogens (primary N) is 1. The molecule has 0 aliphatic carbocycles. The van der Waals surface area contributed by atoms with Gasteiger partial charge in [0.25, 0.3) is 5.69 Å². The van der Waals surface area contributed by atoms with Crippen molar-refractivity contribution in [2.45, 2.75) is 18.4 Å². The molecule has 114 valence electrons. The zero-order valence-electron chi connectivity index (χ0n) is 11.8. The maximum atomic E-state index is 11.2. The smallest absolute Gasteiger partial charge is 0.321 e. The van der Waals surface area contributed by atoms with Crippen LogP contribution in [-0.2, 0) is 11.2 Å². The minimum atomic E-state index is -1.07. The molecule has 0 aliphatic rings. The monoisotopic (exact) mass is 300 g/mol. The summed E-state index contributed by atoms with van der Waals surface area (Å²) in [5, 5.41) is 19.9. The molecule has 0 aliphatic heterocycles. The number of nitro groups is 1. The van der Waals surface area contributed by atoms with Crippen molar-refractivity contribution < 1.29 is 14.8 Å². The van der Waals surface area contributed by atoms with Gasteiger partial charge in [-0.1, -0.05) is 42.5 Å². The molecule has 2 aromatic rings. The molecule has 2 unspecified atom stereocenters. The van der Waals surface area contributed by atoms with Gasteiger partial charge < -0.3 is 10.8 Å². The molecule has 2 aromatic carbocycles. The third-order valence-electron chi connectivity index (χ3n) is 3.55. The van der Waals surface area contributed by atoms with Crippen LogP contribution in [0.1, 0.15) is 17.0 Å². The van der Waals surface area contributed by atoms with Gasteiger partial charge >= 0.3 is 5.97 Å². The summed E-state index contributed by atoms with van der Waals surface area (Å²) in [4.78, 5) is 21.4. The van der Waals surface area contributed by atoms with Crippen LogP contribution in [0.5, 0.6) is 0 Å². The van der Waals surface area contributed by atoms with Crippen molar-refractivity contribution in [3.05, 3.63) is 75.8 Å². The molecule has 0 bridgehead atoms. The molecule has 0 heterocycles. The SMILES string of the molecule is NC(C(=O)O)C(Cc1ccc([N+](=O)[O-])cc1)c1ccccc1. The molecule has 0 saturated heterocycles. The van der Waals surface area contributed by atoms with Crippen LogP contribution in [0.4, 0.5) is 5.69 Å². The lowest BCUT2D eigenvalue weighted by Gasteiger charge is -2.21. The Labute approximate surface area is 127 Å². The summed E-state index contributed by atoms with van der Waals surface area (Å²) in [7, 11) is 0. The lowest BCUT2D eigenvalue weighted by atomic mass is 9.86. The Balaban J connectivity index is 2.26. The van der Waals surface area contributed by atoms with E-state index in [2.05, 4.69) is 0 Å². The lowest BCUT2D eigenvalue weighted by Crippen LogP contribution is -2.37. The molecule has 3 N–H and O–H groups in total. The highest BCUT2D eigenvalue weighted by molar-refractivity contribution is 5.74. The number of rotatable bonds is 6. The van der Waals surface area contributed by atoms with Crippen molar-refractivity contribution in [2.75, 3.05) is 0 Å². The van der Waals surface area contributed by atoms with Gasteiger partial charge in [-0.2, -0.15) is 0 Å². The van der Waals surface area contributed by atoms with Crippen molar-refractivity contribution in [1.82, 2.24) is 0 Å². The lowest BCUT2D eigenvalue weighted by molar-refractivity contribution is -0.384. The van der Waals surface area contributed by atoms with Gasteiger partial charge in [0, 0.05) is 18.1 Å². The second-order valence-corrected chi connectivity index (χ2v) is 5.01. The summed E-state index contributed by atoms with van der Waals surface area (Å²) in [6.45, 7) is 0. The fraction of sp³-hybridized carbons (Fsp3) is 0.188. The highest BCUT2D eigenvalue weighted by Crippen LogP contribution is 2.25. The molecule has 0 amide bonds. The van der Waals surface area contributed by atoms with Crippen LogP contribution in [0, 0.1) is 10.1 Å². The summed E-state index contributed by atoms with van der Waals surface area (Å²) < 4.78 is 0. The normalized spacial score (nSPS) is 13.3. The first-order valence-corrected chi connectivity index (χ1v) is 6.75. The number of hydrogen-bond donors (Lipinski definition) is 2. The van der Waals surface area contributed by atoms with Crippen LogP contribution < -0.4 is 5.73 Å². The van der Waals surface area contributed by atoms with E-state index in [0.717, 1.165) is 11.1 Å². The number of nitro benzene ring substituents is 1. The number of carboxylic acid groups (broad SMARTS) is 1. The Morgan fingerprint density at radius 1 is 1.14 bits per heavy atom. The average Bonchev–Trinajstić information content (AvgIpc) is 2.53. The van der Waals surface area contributed by atoms with Gasteiger partial charge in [-0.05, 0) is 17.5 Å². The predicted octanol–water partition coefficient (Wildman–Crippen LogP) is 2.33. The standard InChI is InChI=1S/C16H16N2O4/c17-15(16(19)20)14(12-4-2-1-3-5-12)10-11-6-8-13(9-7-11)18(21)22/h1-9,14-15H,10,17H2,(H,19,20). The van der Waals surface area contributed by atoms with E-state index in [4.69, 9.17) is 5.73 Å². The topological polar surface area (TPSA) is 106 Å². The highest BCUT2D eigenvalue weighted by Gasteiger charge is 2.26. The zero-order chi connectivity index (χ0) is 16.1. The number of nitrogens with zero attached hydrogens (tertiary/aromatic N) is 1. The van der Waals surface area contributed by atoms with E-state index < -0.39 is 22.9 Å². The molecule has 2 atom stereocenters. The Morgan fingerprint density at radius 3 is 2.23 bits per heavy atom. The molecule has 0 radical (unpaired) electrons. The van der Waals surface area contributed by atoms with Gasteiger partial charge in [-0.15, -0.1) is 0 Å². The van der Waals surface area contributed by atoms with Crippen LogP contribution >= 0.6 is 0 Å². The Morgan fingerprint density at radius 2 is 1.73 bits per heavy atom. The van der Waals surface area contributed by atoms with Gasteiger partial charge in [0.05, 0.1) is 4.92 Å². The second-order valence-electron chi connectivity index (χ2n) is 5.01. The van der Waals surface area contributed by atoms with Gasteiger partial charge in [-0.25, -0.2) is 0 Å². The molecule has 0 aromatic heterocycles. The number of non-ortho nitro benzene ring substituents is 1. The fourth-order valence-corrected chi connectivity index (χ4v) is 2.33. The molecule has 0 saturated carbocycles. The van der Waals surface area contributed by atoms with E-state index in [1.165, 1.54) is 12.1 Å². The van der Waals surface area contributed by atoms with Crippen LogP contribution in [-0.4, -0.2) is 22.0 Å². The second kappa shape index (κ2) is 6.82. The number of benzene rings is 2. The fourth-order valence-electron chi connectivity index (χ4n) is 2.33. The van der Waals surface area contributed by atoms with Crippen LogP contribution in [0.25, 0.3) is 0 Å². The Hall–Kier alpha value is -2.73. The van der Waals surface area contributed by atoms with Gasteiger partial charge in [0.1, 0.15) is 6.04 Å². The minimum Gasteiger partial charge on any atom is -0.480 e. The van der Waals surface area contributed by atoms with Crippen molar-refractivity contribution >= 4 is 11.7 Å². The Bertz CT molecular complexity index is 656. The molecule has 22 heavy (non-hydrogen) atoms. The zero-order valence-corrected chi connectivity index (χ0v) is 11.8. The molecular weight excluding hydrogens is 284 g/mol. The first kappa shape index (κ1) is 15.7. The summed E-state index contributed by atoms with van der Waals surface area (Å²) in [5.41, 5.74) is 7.44. The number of aliphatic carboxylic acids is 1. The number of carbonyl (C=O) groups is 1. The summed E-state index contributed by atoms with van der Waals surface area (Å²) >= 11 is 0. The molecule has 2 rings (SSSR count). The summed E-state index contributed by atoms with van der Waals surface area (Å²) in [5.74, 6) is -1.48. The van der Waals surface area contributed by atoms with E-state index >= 15 is 0 Å². The molecule has 0 fully saturated rings. The molecule has 0 spiro atoms. The van der Waals surface area contributed by atoms with E-state index in [-0.39, 0.29) is 5.69 Å². The van der Waals surface area contributed by atoms with Crippen molar-refractivity contribution in [1.29, 1.82) is 0 Å². The van der Waals surface area contributed by atoms with Crippen LogP contribution in [0.3, 0.4) is 0 Å². The predicted molar refractivity (Wildman–Crippen MR) is 81.6 cm³/mol. The largest absolute Gasteiger partial charge is 0.480 e. The first-order chi connectivity index (χ1) is 10.5. The molecule has 6 nitrogen and oxygen atoms in total. The maximum Gasteiger partial charge on any atom is 0.321 e. The number of carboxylic acids is 1. The first-order valence-electron chi connectivity index (χ1n) is 6.75. The van der Waals surface area contributed by atoms with Crippen molar-refractivity contribution in [2.24, 2.45) is 5.73 Å². The van der Waals surface area contributed by atoms with Crippen LogP contribution in [0.2, 0.25) is 0 Å². The van der Waals surface area contributed by atoms with Crippen molar-refractivity contribution in [3.63, 3.8) is 0 Å². The van der Waals surface area contributed by atoms with Crippen LogP contribution in [0.15, 0.2) is 54.6 Å². The minimum absolute atomic E-state index is 0.00236. The van der Waals surface area contributed by atoms with E-state index in [1.807, 2.05) is 30.3 Å². The van der Waals surface area contributed by atoms with Gasteiger partial charge in [-0.3, -0.25) is 14.9 Å². The number of hydrogen-bond acceptors (Lipinski definition) is 4. The summed E-state index contributed by atoms with van der Waals surface area (Å²) in [6, 6.07) is 14.2. The van der Waals surface area contributed by atoms with E-state index in [9.17, 15) is 20.0 Å². The average molecular weight is 300 g/mol. The Kier molecular flexibility index (Phi) is 4.85. The quantitative estimate of drug-likeness (QED) is 0.629. The van der Waals surface area contributed by atoms with Crippen molar-refractivity contribution in [3.8, 4) is 0 Å². The van der Waals surface area contributed by atoms with Gasteiger partial charge in [0.15, 0.2) is 0 Å². The van der Waals surface area contributed by atoms with E-state index in [0.29, 0.717) is 6.42 Å². The third kappa shape index (κ3) is 3.67. The van der Waals surface area contributed by atoms with Gasteiger partial charge in [0.2, 0.25) is 0 Å². The highest BCUT2D eigenvalue weighted by atomic mass is 16.6. The van der Waals surface area contributed by atoms with E-state index in [1.54, 1.807) is 12.1 Å². The maximum absolute atomic E-state index is 11.2. The molecular formula is C16H16N2O4.